The van der Waals surface area contributed by atoms with Crippen molar-refractivity contribution in [3.05, 3.63) is 77.5 Å². The highest BCUT2D eigenvalue weighted by molar-refractivity contribution is 6.04. The van der Waals surface area contributed by atoms with E-state index in [1.54, 1.807) is 0 Å². The highest BCUT2D eigenvalue weighted by Gasteiger charge is 2.55. The second-order valence-corrected chi connectivity index (χ2v) is 9.83. The van der Waals surface area contributed by atoms with Gasteiger partial charge < -0.3 is 4.74 Å². The van der Waals surface area contributed by atoms with E-state index in [-0.39, 0.29) is 17.3 Å². The number of para-hydroxylation sites is 1. The van der Waals surface area contributed by atoms with Crippen molar-refractivity contribution in [3.8, 4) is 28.8 Å². The van der Waals surface area contributed by atoms with Gasteiger partial charge in [-0.05, 0) is 55.2 Å². The van der Waals surface area contributed by atoms with Crippen molar-refractivity contribution in [2.45, 2.75) is 39.0 Å². The summed E-state index contributed by atoms with van der Waals surface area (Å²) >= 11 is 0. The van der Waals surface area contributed by atoms with Crippen LogP contribution in [0.5, 0.6) is 11.5 Å². The predicted molar refractivity (Wildman–Crippen MR) is 127 cm³/mol. The first-order valence-corrected chi connectivity index (χ1v) is 11.3. The first kappa shape index (κ1) is 21.2. The number of carbonyl (C=O) groups is 1. The maximum Gasteiger partial charge on any atom is 0.178 e. The molecular formula is C28H27N3O2. The molecule has 0 aliphatic heterocycles. The number of hydrogen-bond acceptors (Lipinski definition) is 4. The maximum absolute atomic E-state index is 12.9. The molecule has 0 radical (unpaired) electrons. The van der Waals surface area contributed by atoms with Crippen LogP contribution in [-0.4, -0.2) is 15.6 Å². The van der Waals surface area contributed by atoms with E-state index in [9.17, 15) is 10.1 Å². The third-order valence-corrected chi connectivity index (χ3v) is 7.43. The van der Waals surface area contributed by atoms with E-state index in [0.717, 1.165) is 41.3 Å². The summed E-state index contributed by atoms with van der Waals surface area (Å²) in [6.07, 6.45) is 3.61. The Kier molecular flexibility index (Phi) is 4.79. The molecule has 2 atom stereocenters. The summed E-state index contributed by atoms with van der Waals surface area (Å²) in [7, 11) is 1.97. The molecule has 2 aromatic carbocycles. The number of benzene rings is 2. The molecule has 0 N–H and O–H groups in total. The molecule has 0 spiro atoms. The second-order valence-electron chi connectivity index (χ2n) is 9.83. The van der Waals surface area contributed by atoms with Crippen LogP contribution in [0.4, 0.5) is 0 Å². The minimum atomic E-state index is -0.597. The topological polar surface area (TPSA) is 67.9 Å². The molecule has 166 valence electrons. The smallest absolute Gasteiger partial charge is 0.178 e. The lowest BCUT2D eigenvalue weighted by Gasteiger charge is -2.49. The molecule has 0 fully saturated rings. The lowest BCUT2D eigenvalue weighted by atomic mass is 9.52. The second kappa shape index (κ2) is 7.45. The van der Waals surface area contributed by atoms with Crippen LogP contribution in [0.25, 0.3) is 11.3 Å². The Morgan fingerprint density at radius 3 is 2.39 bits per heavy atom. The Bertz CT molecular complexity index is 1310. The highest BCUT2D eigenvalue weighted by atomic mass is 16.5. The van der Waals surface area contributed by atoms with Gasteiger partial charge in [0.25, 0.3) is 0 Å². The molecule has 3 aromatic rings. The molecule has 2 unspecified atom stereocenters. The van der Waals surface area contributed by atoms with Gasteiger partial charge in [-0.2, -0.15) is 10.4 Å². The van der Waals surface area contributed by atoms with Crippen LogP contribution >= 0.6 is 0 Å². The van der Waals surface area contributed by atoms with Crippen molar-refractivity contribution < 1.29 is 9.53 Å². The Labute approximate surface area is 194 Å². The fourth-order valence-corrected chi connectivity index (χ4v) is 5.89. The van der Waals surface area contributed by atoms with Crippen LogP contribution in [0.15, 0.2) is 66.2 Å². The van der Waals surface area contributed by atoms with Gasteiger partial charge in [-0.15, -0.1) is 0 Å². The number of carbonyl (C=O) groups excluding carboxylic acids is 1. The quantitative estimate of drug-likeness (QED) is 0.523. The first-order chi connectivity index (χ1) is 15.8. The van der Waals surface area contributed by atoms with Gasteiger partial charge in [-0.1, -0.05) is 45.0 Å². The molecule has 1 aromatic heterocycles. The Morgan fingerprint density at radius 1 is 1.06 bits per heavy atom. The van der Waals surface area contributed by atoms with Crippen molar-refractivity contribution in [2.75, 3.05) is 0 Å². The maximum atomic E-state index is 12.9. The van der Waals surface area contributed by atoms with Gasteiger partial charge in [-0.25, -0.2) is 0 Å². The number of nitrogens with zero attached hydrogens (tertiary/aromatic N) is 3. The van der Waals surface area contributed by atoms with Gasteiger partial charge in [0.05, 0.1) is 17.0 Å². The van der Waals surface area contributed by atoms with Crippen molar-refractivity contribution in [2.24, 2.45) is 18.4 Å². The molecule has 5 rings (SSSR count). The van der Waals surface area contributed by atoms with Gasteiger partial charge in [0.1, 0.15) is 17.6 Å². The van der Waals surface area contributed by atoms with E-state index in [1.807, 2.05) is 74.1 Å². The van der Waals surface area contributed by atoms with Crippen LogP contribution in [0.1, 0.15) is 38.4 Å². The number of ketones is 1. The molecule has 5 heteroatoms. The fourth-order valence-electron chi connectivity index (χ4n) is 5.89. The number of fused-ring (bicyclic) bond motifs is 3. The minimum Gasteiger partial charge on any atom is -0.457 e. The third kappa shape index (κ3) is 3.21. The number of rotatable bonds is 3. The SMILES string of the molecule is Cn1nc2c(c1-c1ccc(Oc3ccccc3)cc1)CCC1C(C)(C)C(=O)C(C#N)=CC21C. The molecule has 2 aliphatic carbocycles. The van der Waals surface area contributed by atoms with Crippen LogP contribution in [0, 0.1) is 22.7 Å². The van der Waals surface area contributed by atoms with Gasteiger partial charge >= 0.3 is 0 Å². The molecular weight excluding hydrogens is 410 g/mol. The molecule has 2 aliphatic rings. The zero-order chi connectivity index (χ0) is 23.4. The summed E-state index contributed by atoms with van der Waals surface area (Å²) in [5.74, 6) is 1.63. The Hall–Kier alpha value is -3.65. The number of aromatic nitrogens is 2. The number of Topliss-reactive ketones (excluding diaryl/α,β-unsaturated/α-hetero) is 1. The number of allylic oxidation sites excluding steroid dienone is 2. The standard InChI is InChI=1S/C28H27N3O2/c1-27(2)23-15-14-22-24(18-10-12-21(13-11-18)33-20-8-6-5-7-9-20)31(4)30-25(22)28(23,3)16-19(17-29)26(27)32/h5-13,16,23H,14-15H2,1-4H3. The van der Waals surface area contributed by atoms with Crippen molar-refractivity contribution >= 4 is 5.78 Å². The molecule has 0 amide bonds. The van der Waals surface area contributed by atoms with Gasteiger partial charge in [0, 0.05) is 29.0 Å². The highest BCUT2D eigenvalue weighted by Crippen LogP contribution is 2.55. The number of aryl methyl sites for hydroxylation is 1. The van der Waals surface area contributed by atoms with Crippen LogP contribution in [0.2, 0.25) is 0 Å². The number of ether oxygens (including phenoxy) is 1. The van der Waals surface area contributed by atoms with Crippen molar-refractivity contribution in [3.63, 3.8) is 0 Å². The van der Waals surface area contributed by atoms with E-state index in [2.05, 4.69) is 25.1 Å². The molecule has 33 heavy (non-hydrogen) atoms. The average Bonchev–Trinajstić information content (AvgIpc) is 3.15. The summed E-state index contributed by atoms with van der Waals surface area (Å²) < 4.78 is 7.88. The summed E-state index contributed by atoms with van der Waals surface area (Å²) in [4.78, 5) is 12.9. The zero-order valence-corrected chi connectivity index (χ0v) is 19.4. The van der Waals surface area contributed by atoms with E-state index in [4.69, 9.17) is 9.84 Å². The van der Waals surface area contributed by atoms with E-state index >= 15 is 0 Å². The van der Waals surface area contributed by atoms with Crippen molar-refractivity contribution in [1.82, 2.24) is 9.78 Å². The van der Waals surface area contributed by atoms with Gasteiger partial charge in [-0.3, -0.25) is 9.48 Å². The molecule has 1 heterocycles. The van der Waals surface area contributed by atoms with E-state index < -0.39 is 10.8 Å². The molecule has 0 bridgehead atoms. The molecule has 0 saturated heterocycles. The Balaban J connectivity index is 1.55. The summed E-state index contributed by atoms with van der Waals surface area (Å²) in [6.45, 7) is 6.08. The summed E-state index contributed by atoms with van der Waals surface area (Å²) in [5.41, 5.74) is 3.53. The lowest BCUT2D eigenvalue weighted by molar-refractivity contribution is -0.128. The minimum absolute atomic E-state index is 0.0546. The van der Waals surface area contributed by atoms with Crippen LogP contribution < -0.4 is 4.74 Å². The van der Waals surface area contributed by atoms with E-state index in [0.29, 0.717) is 0 Å². The zero-order valence-electron chi connectivity index (χ0n) is 19.4. The first-order valence-electron chi connectivity index (χ1n) is 11.3. The number of hydrogen-bond donors (Lipinski definition) is 0. The lowest BCUT2D eigenvalue weighted by Crippen LogP contribution is -2.51. The van der Waals surface area contributed by atoms with Gasteiger partial charge in [0.2, 0.25) is 0 Å². The van der Waals surface area contributed by atoms with Crippen LogP contribution in [-0.2, 0) is 23.7 Å². The largest absolute Gasteiger partial charge is 0.457 e. The number of nitriles is 1. The summed E-state index contributed by atoms with van der Waals surface area (Å²) in [5, 5.41) is 14.6. The average molecular weight is 438 g/mol. The Morgan fingerprint density at radius 2 is 1.73 bits per heavy atom. The normalized spacial score (nSPS) is 23.2. The summed E-state index contributed by atoms with van der Waals surface area (Å²) in [6, 6.07) is 20.0. The molecule has 0 saturated carbocycles. The predicted octanol–water partition coefficient (Wildman–Crippen LogP) is 5.76. The van der Waals surface area contributed by atoms with Crippen LogP contribution in [0.3, 0.4) is 0 Å². The fraction of sp³-hybridized carbons (Fsp3) is 0.321. The molecule has 5 nitrogen and oxygen atoms in total. The third-order valence-electron chi connectivity index (χ3n) is 7.43. The van der Waals surface area contributed by atoms with Crippen molar-refractivity contribution in [1.29, 1.82) is 5.26 Å². The van der Waals surface area contributed by atoms with Gasteiger partial charge in [0.15, 0.2) is 5.78 Å². The van der Waals surface area contributed by atoms with E-state index in [1.165, 1.54) is 5.56 Å². The monoisotopic (exact) mass is 437 g/mol.